The molecule has 0 bridgehead atoms. The Morgan fingerprint density at radius 1 is 1.47 bits per heavy atom. The standard InChI is InChI=1S/C12H15NO2/c1-9(2)8-15-12-6-4-5-11(7-12)13-10(3)14/h4-7H,1,8H2,2-3H3,(H,13,14). The fourth-order valence-corrected chi connectivity index (χ4v) is 1.07. The van der Waals surface area contributed by atoms with Gasteiger partial charge in [0.2, 0.25) is 5.91 Å². The molecule has 0 spiro atoms. The Hall–Kier alpha value is -1.77. The Morgan fingerprint density at radius 2 is 2.20 bits per heavy atom. The molecule has 1 rings (SSSR count). The molecule has 1 aromatic rings. The predicted molar refractivity (Wildman–Crippen MR) is 61.1 cm³/mol. The Labute approximate surface area is 89.8 Å². The van der Waals surface area contributed by atoms with E-state index in [1.807, 2.05) is 25.1 Å². The number of benzene rings is 1. The largest absolute Gasteiger partial charge is 0.489 e. The maximum absolute atomic E-state index is 10.8. The summed E-state index contributed by atoms with van der Waals surface area (Å²) in [5.41, 5.74) is 1.70. The number of anilines is 1. The lowest BCUT2D eigenvalue weighted by Gasteiger charge is -2.07. The van der Waals surface area contributed by atoms with Crippen LogP contribution >= 0.6 is 0 Å². The normalized spacial score (nSPS) is 9.47. The van der Waals surface area contributed by atoms with Gasteiger partial charge >= 0.3 is 0 Å². The van der Waals surface area contributed by atoms with Crippen molar-refractivity contribution in [2.75, 3.05) is 11.9 Å². The molecular formula is C12H15NO2. The molecule has 0 atom stereocenters. The molecule has 0 aliphatic rings. The minimum atomic E-state index is -0.0907. The van der Waals surface area contributed by atoms with Gasteiger partial charge in [-0.1, -0.05) is 12.6 Å². The van der Waals surface area contributed by atoms with Crippen LogP contribution in [-0.2, 0) is 4.79 Å². The van der Waals surface area contributed by atoms with Gasteiger partial charge in [0.15, 0.2) is 0 Å². The number of nitrogens with one attached hydrogen (secondary N) is 1. The summed E-state index contributed by atoms with van der Waals surface area (Å²) in [5, 5.41) is 2.69. The van der Waals surface area contributed by atoms with E-state index in [4.69, 9.17) is 4.74 Å². The van der Waals surface area contributed by atoms with Crippen LogP contribution in [0, 0.1) is 0 Å². The molecular weight excluding hydrogens is 190 g/mol. The van der Waals surface area contributed by atoms with Crippen LogP contribution in [0.2, 0.25) is 0 Å². The van der Waals surface area contributed by atoms with E-state index in [-0.39, 0.29) is 5.91 Å². The topological polar surface area (TPSA) is 38.3 Å². The van der Waals surface area contributed by atoms with Crippen molar-refractivity contribution in [3.63, 3.8) is 0 Å². The highest BCUT2D eigenvalue weighted by Crippen LogP contribution is 2.17. The second-order valence-electron chi connectivity index (χ2n) is 3.45. The predicted octanol–water partition coefficient (Wildman–Crippen LogP) is 2.60. The van der Waals surface area contributed by atoms with Gasteiger partial charge in [-0.15, -0.1) is 0 Å². The van der Waals surface area contributed by atoms with E-state index in [0.717, 1.165) is 17.0 Å². The second-order valence-corrected chi connectivity index (χ2v) is 3.45. The number of carbonyl (C=O) groups excluding carboxylic acids is 1. The molecule has 1 aromatic carbocycles. The Morgan fingerprint density at radius 3 is 2.80 bits per heavy atom. The van der Waals surface area contributed by atoms with Crippen molar-refractivity contribution >= 4 is 11.6 Å². The molecule has 0 unspecified atom stereocenters. The van der Waals surface area contributed by atoms with Gasteiger partial charge in [0.05, 0.1) is 0 Å². The molecule has 1 amide bonds. The minimum Gasteiger partial charge on any atom is -0.489 e. The lowest BCUT2D eigenvalue weighted by Crippen LogP contribution is -2.06. The zero-order valence-corrected chi connectivity index (χ0v) is 9.04. The third kappa shape index (κ3) is 4.31. The van der Waals surface area contributed by atoms with Gasteiger partial charge in [0, 0.05) is 18.7 Å². The maximum Gasteiger partial charge on any atom is 0.221 e. The fourth-order valence-electron chi connectivity index (χ4n) is 1.07. The molecule has 0 aliphatic heterocycles. The second kappa shape index (κ2) is 5.20. The summed E-state index contributed by atoms with van der Waals surface area (Å²) in [5.74, 6) is 0.635. The number of hydrogen-bond acceptors (Lipinski definition) is 2. The summed E-state index contributed by atoms with van der Waals surface area (Å²) < 4.78 is 5.44. The molecule has 3 heteroatoms. The quantitative estimate of drug-likeness (QED) is 0.767. The van der Waals surface area contributed by atoms with Crippen molar-refractivity contribution in [1.29, 1.82) is 0 Å². The van der Waals surface area contributed by atoms with Gasteiger partial charge in [-0.05, 0) is 24.6 Å². The van der Waals surface area contributed by atoms with Crippen LogP contribution in [0.4, 0.5) is 5.69 Å². The van der Waals surface area contributed by atoms with E-state index < -0.39 is 0 Å². The van der Waals surface area contributed by atoms with Crippen LogP contribution in [-0.4, -0.2) is 12.5 Å². The summed E-state index contributed by atoms with van der Waals surface area (Å²) in [7, 11) is 0. The molecule has 15 heavy (non-hydrogen) atoms. The van der Waals surface area contributed by atoms with Crippen molar-refractivity contribution in [2.24, 2.45) is 0 Å². The summed E-state index contributed by atoms with van der Waals surface area (Å²) in [6.07, 6.45) is 0. The van der Waals surface area contributed by atoms with Crippen molar-refractivity contribution in [1.82, 2.24) is 0 Å². The van der Waals surface area contributed by atoms with Gasteiger partial charge in [0.25, 0.3) is 0 Å². The summed E-state index contributed by atoms with van der Waals surface area (Å²) >= 11 is 0. The van der Waals surface area contributed by atoms with Crippen LogP contribution in [0.15, 0.2) is 36.4 Å². The molecule has 80 valence electrons. The zero-order chi connectivity index (χ0) is 11.3. The van der Waals surface area contributed by atoms with E-state index in [1.165, 1.54) is 6.92 Å². The molecule has 0 fully saturated rings. The number of amides is 1. The van der Waals surface area contributed by atoms with Gasteiger partial charge in [-0.3, -0.25) is 4.79 Å². The number of ether oxygens (including phenoxy) is 1. The first-order valence-electron chi connectivity index (χ1n) is 4.73. The zero-order valence-electron chi connectivity index (χ0n) is 9.04. The molecule has 0 saturated carbocycles. The number of carbonyl (C=O) groups is 1. The summed E-state index contributed by atoms with van der Waals surface area (Å²) in [6, 6.07) is 7.27. The van der Waals surface area contributed by atoms with Crippen LogP contribution in [0.25, 0.3) is 0 Å². The monoisotopic (exact) mass is 205 g/mol. The van der Waals surface area contributed by atoms with Gasteiger partial charge in [-0.2, -0.15) is 0 Å². The first-order chi connectivity index (χ1) is 7.08. The molecule has 0 heterocycles. The van der Waals surface area contributed by atoms with Crippen LogP contribution < -0.4 is 10.1 Å². The Kier molecular flexibility index (Phi) is 3.92. The summed E-state index contributed by atoms with van der Waals surface area (Å²) in [6.45, 7) is 7.61. The van der Waals surface area contributed by atoms with Gasteiger partial charge in [-0.25, -0.2) is 0 Å². The van der Waals surface area contributed by atoms with Crippen molar-refractivity contribution in [3.8, 4) is 5.75 Å². The first kappa shape index (κ1) is 11.3. The lowest BCUT2D eigenvalue weighted by atomic mass is 10.3. The average molecular weight is 205 g/mol. The third-order valence-electron chi connectivity index (χ3n) is 1.64. The number of hydrogen-bond donors (Lipinski definition) is 1. The maximum atomic E-state index is 10.8. The Bertz CT molecular complexity index is 372. The molecule has 3 nitrogen and oxygen atoms in total. The van der Waals surface area contributed by atoms with Crippen LogP contribution in [0.3, 0.4) is 0 Å². The highest BCUT2D eigenvalue weighted by molar-refractivity contribution is 5.88. The lowest BCUT2D eigenvalue weighted by molar-refractivity contribution is -0.114. The molecule has 0 aromatic heterocycles. The highest BCUT2D eigenvalue weighted by atomic mass is 16.5. The van der Waals surface area contributed by atoms with E-state index in [9.17, 15) is 4.79 Å². The van der Waals surface area contributed by atoms with Crippen molar-refractivity contribution < 1.29 is 9.53 Å². The highest BCUT2D eigenvalue weighted by Gasteiger charge is 1.98. The fraction of sp³-hybridized carbons (Fsp3) is 0.250. The van der Waals surface area contributed by atoms with Crippen LogP contribution in [0.5, 0.6) is 5.75 Å². The Balaban J connectivity index is 2.65. The molecule has 0 aliphatic carbocycles. The summed E-state index contributed by atoms with van der Waals surface area (Å²) in [4.78, 5) is 10.8. The molecule has 1 N–H and O–H groups in total. The number of rotatable bonds is 4. The third-order valence-corrected chi connectivity index (χ3v) is 1.64. The molecule has 0 radical (unpaired) electrons. The van der Waals surface area contributed by atoms with E-state index in [0.29, 0.717) is 6.61 Å². The van der Waals surface area contributed by atoms with Gasteiger partial charge < -0.3 is 10.1 Å². The minimum absolute atomic E-state index is 0.0907. The van der Waals surface area contributed by atoms with Crippen molar-refractivity contribution in [3.05, 3.63) is 36.4 Å². The van der Waals surface area contributed by atoms with E-state index in [2.05, 4.69) is 11.9 Å². The van der Waals surface area contributed by atoms with E-state index >= 15 is 0 Å². The van der Waals surface area contributed by atoms with Crippen molar-refractivity contribution in [2.45, 2.75) is 13.8 Å². The SMILES string of the molecule is C=C(C)COc1cccc(NC(C)=O)c1. The smallest absolute Gasteiger partial charge is 0.221 e. The molecule has 0 saturated heterocycles. The first-order valence-corrected chi connectivity index (χ1v) is 4.73. The van der Waals surface area contributed by atoms with Gasteiger partial charge in [0.1, 0.15) is 12.4 Å². The van der Waals surface area contributed by atoms with Crippen LogP contribution in [0.1, 0.15) is 13.8 Å². The average Bonchev–Trinajstić information content (AvgIpc) is 2.14. The van der Waals surface area contributed by atoms with E-state index in [1.54, 1.807) is 6.07 Å².